The van der Waals surface area contributed by atoms with E-state index in [0.29, 0.717) is 0 Å². The molecule has 0 aromatic carbocycles. The molecule has 14 heavy (non-hydrogen) atoms. The molecule has 0 aromatic heterocycles. The number of nitrogens with one attached hydrogen (secondary N) is 1. The molecule has 1 unspecified atom stereocenters. The largest absolute Gasteiger partial charge is 0.265 e. The lowest BCUT2D eigenvalue weighted by Crippen LogP contribution is -2.34. The first-order chi connectivity index (χ1) is 6.14. The van der Waals surface area contributed by atoms with Gasteiger partial charge in [0.1, 0.15) is 6.10 Å². The molecule has 0 radical (unpaired) electrons. The van der Waals surface area contributed by atoms with Crippen molar-refractivity contribution < 1.29 is 21.0 Å². The Morgan fingerprint density at radius 1 is 1.36 bits per heavy atom. The first-order valence-corrected chi connectivity index (χ1v) is 7.60. The van der Waals surface area contributed by atoms with Gasteiger partial charge in [0.25, 0.3) is 10.1 Å². The molecule has 0 aliphatic heterocycles. The summed E-state index contributed by atoms with van der Waals surface area (Å²) in [7, 11) is -7.01. The molecule has 0 heterocycles. The highest BCUT2D eigenvalue weighted by molar-refractivity contribution is 7.88. The van der Waals surface area contributed by atoms with Gasteiger partial charge in [0, 0.05) is 11.9 Å². The van der Waals surface area contributed by atoms with Crippen LogP contribution < -0.4 is 4.72 Å². The summed E-state index contributed by atoms with van der Waals surface area (Å²) in [5, 5.41) is 1.04. The third kappa shape index (κ3) is 8.51. The topological polar surface area (TPSA) is 89.5 Å². The first kappa shape index (κ1) is 13.9. The SMILES string of the molecule is CS(=O)(=O)NCC(C=S)OS(C)(=O)=O. The molecule has 0 spiro atoms. The summed E-state index contributed by atoms with van der Waals surface area (Å²) >= 11 is 4.48. The molecule has 1 N–H and O–H groups in total. The molecule has 9 heteroatoms. The summed E-state index contributed by atoms with van der Waals surface area (Å²) in [4.78, 5) is 0. The predicted molar refractivity (Wildman–Crippen MR) is 56.2 cm³/mol. The van der Waals surface area contributed by atoms with Crippen molar-refractivity contribution in [2.75, 3.05) is 19.1 Å². The molecular formula is C5H11NO5S3. The Labute approximate surface area is 88.8 Å². The van der Waals surface area contributed by atoms with Crippen LogP contribution in [0.3, 0.4) is 0 Å². The molecule has 0 rings (SSSR count). The fourth-order valence-corrected chi connectivity index (χ4v) is 1.82. The van der Waals surface area contributed by atoms with Crippen LogP contribution in [0.25, 0.3) is 0 Å². The Kier molecular flexibility index (Phi) is 5.09. The minimum absolute atomic E-state index is 0.199. The maximum absolute atomic E-state index is 10.7. The number of sulfonamides is 1. The second-order valence-electron chi connectivity index (χ2n) is 2.60. The smallest absolute Gasteiger partial charge is 0.260 e. The molecule has 0 fully saturated rings. The summed E-state index contributed by atoms with van der Waals surface area (Å²) < 4.78 is 49.2. The van der Waals surface area contributed by atoms with E-state index in [9.17, 15) is 16.8 Å². The van der Waals surface area contributed by atoms with Crippen LogP contribution in [0, 0.1) is 0 Å². The number of hydrogen-bond acceptors (Lipinski definition) is 6. The Bertz CT molecular complexity index is 384. The number of thiocarbonyl (C=S) groups is 1. The second kappa shape index (κ2) is 5.12. The van der Waals surface area contributed by atoms with Crippen molar-refractivity contribution in [3.05, 3.63) is 0 Å². The van der Waals surface area contributed by atoms with Gasteiger partial charge in [-0.3, -0.25) is 4.18 Å². The van der Waals surface area contributed by atoms with E-state index < -0.39 is 26.2 Å². The average molecular weight is 261 g/mol. The highest BCUT2D eigenvalue weighted by Crippen LogP contribution is 1.95. The van der Waals surface area contributed by atoms with E-state index in [1.807, 2.05) is 0 Å². The van der Waals surface area contributed by atoms with Crippen molar-refractivity contribution in [3.8, 4) is 0 Å². The molecule has 0 amide bonds. The number of rotatable bonds is 6. The summed E-state index contributed by atoms with van der Waals surface area (Å²) in [6.07, 6.45) is 0.849. The lowest BCUT2D eigenvalue weighted by Gasteiger charge is -2.10. The summed E-state index contributed by atoms with van der Waals surface area (Å²) in [5.41, 5.74) is 0. The van der Waals surface area contributed by atoms with E-state index in [1.54, 1.807) is 0 Å². The van der Waals surface area contributed by atoms with E-state index in [1.165, 1.54) is 0 Å². The Morgan fingerprint density at radius 3 is 2.14 bits per heavy atom. The molecule has 0 aliphatic rings. The molecule has 0 bridgehead atoms. The van der Waals surface area contributed by atoms with Crippen molar-refractivity contribution in [1.82, 2.24) is 4.72 Å². The molecule has 0 aromatic rings. The van der Waals surface area contributed by atoms with E-state index >= 15 is 0 Å². The van der Waals surface area contributed by atoms with Crippen LogP contribution >= 0.6 is 12.2 Å². The first-order valence-electron chi connectivity index (χ1n) is 3.42. The second-order valence-corrected chi connectivity index (χ2v) is 6.30. The average Bonchev–Trinajstić information content (AvgIpc) is 1.94. The van der Waals surface area contributed by atoms with Gasteiger partial charge >= 0.3 is 0 Å². The molecule has 1 atom stereocenters. The van der Waals surface area contributed by atoms with Crippen LogP contribution in [0.1, 0.15) is 0 Å². The van der Waals surface area contributed by atoms with Gasteiger partial charge in [-0.2, -0.15) is 8.42 Å². The van der Waals surface area contributed by atoms with E-state index in [-0.39, 0.29) is 6.54 Å². The van der Waals surface area contributed by atoms with Crippen LogP contribution in [0.2, 0.25) is 0 Å². The molecule has 0 saturated carbocycles. The Hall–Kier alpha value is -0.0900. The lowest BCUT2D eigenvalue weighted by atomic mass is 10.4. The van der Waals surface area contributed by atoms with Gasteiger partial charge in [-0.1, -0.05) is 12.2 Å². The van der Waals surface area contributed by atoms with Crippen molar-refractivity contribution in [2.24, 2.45) is 0 Å². The third-order valence-corrected chi connectivity index (χ3v) is 2.59. The maximum Gasteiger partial charge on any atom is 0.265 e. The molecular weight excluding hydrogens is 250 g/mol. The monoisotopic (exact) mass is 261 g/mol. The van der Waals surface area contributed by atoms with Gasteiger partial charge in [0.15, 0.2) is 0 Å². The third-order valence-electron chi connectivity index (χ3n) is 0.997. The summed E-state index contributed by atoms with van der Waals surface area (Å²) in [6, 6.07) is 0. The van der Waals surface area contributed by atoms with E-state index in [0.717, 1.165) is 17.9 Å². The standard InChI is InChI=1S/C5H11NO5S3/c1-13(7,8)6-3-5(4-12)11-14(2,9)10/h4-6H,3H2,1-2H3. The van der Waals surface area contributed by atoms with Crippen LogP contribution in [-0.2, 0) is 24.3 Å². The van der Waals surface area contributed by atoms with Crippen molar-refractivity contribution in [3.63, 3.8) is 0 Å². The zero-order chi connectivity index (χ0) is 11.4. The van der Waals surface area contributed by atoms with Gasteiger partial charge in [-0.25, -0.2) is 13.1 Å². The summed E-state index contributed by atoms with van der Waals surface area (Å²) in [5.74, 6) is 0. The minimum Gasteiger partial charge on any atom is -0.260 e. The molecule has 6 nitrogen and oxygen atoms in total. The van der Waals surface area contributed by atoms with Crippen molar-refractivity contribution in [1.29, 1.82) is 0 Å². The van der Waals surface area contributed by atoms with Crippen LogP contribution in [0.15, 0.2) is 0 Å². The molecule has 0 saturated heterocycles. The van der Waals surface area contributed by atoms with Gasteiger partial charge < -0.3 is 0 Å². The fourth-order valence-electron chi connectivity index (χ4n) is 0.563. The van der Waals surface area contributed by atoms with Crippen molar-refractivity contribution >= 4 is 37.7 Å². The maximum atomic E-state index is 10.7. The molecule has 0 aliphatic carbocycles. The lowest BCUT2D eigenvalue weighted by molar-refractivity contribution is 0.283. The summed E-state index contributed by atoms with van der Waals surface area (Å²) in [6.45, 7) is -0.199. The van der Waals surface area contributed by atoms with Gasteiger partial charge in [-0.05, 0) is 0 Å². The predicted octanol–water partition coefficient (Wildman–Crippen LogP) is -1.12. The quantitative estimate of drug-likeness (QED) is 0.481. The zero-order valence-electron chi connectivity index (χ0n) is 7.63. The highest BCUT2D eigenvalue weighted by Gasteiger charge is 2.14. The minimum atomic E-state index is -3.64. The van der Waals surface area contributed by atoms with Gasteiger partial charge in [-0.15, -0.1) is 0 Å². The highest BCUT2D eigenvalue weighted by atomic mass is 32.2. The van der Waals surface area contributed by atoms with Gasteiger partial charge in [0.05, 0.1) is 12.5 Å². The Morgan fingerprint density at radius 2 is 1.86 bits per heavy atom. The van der Waals surface area contributed by atoms with Crippen LogP contribution in [0.5, 0.6) is 0 Å². The van der Waals surface area contributed by atoms with Crippen LogP contribution in [0.4, 0.5) is 0 Å². The number of hydrogen-bond donors (Lipinski definition) is 1. The fraction of sp³-hybridized carbons (Fsp3) is 0.800. The van der Waals surface area contributed by atoms with E-state index in [2.05, 4.69) is 21.1 Å². The normalized spacial score (nSPS) is 15.0. The van der Waals surface area contributed by atoms with Crippen LogP contribution in [-0.4, -0.2) is 47.4 Å². The molecule has 84 valence electrons. The van der Waals surface area contributed by atoms with Gasteiger partial charge in [0.2, 0.25) is 10.0 Å². The van der Waals surface area contributed by atoms with E-state index in [4.69, 9.17) is 0 Å². The Balaban J connectivity index is 4.26. The zero-order valence-corrected chi connectivity index (χ0v) is 10.1. The van der Waals surface area contributed by atoms with Crippen molar-refractivity contribution in [2.45, 2.75) is 6.10 Å².